The predicted molar refractivity (Wildman–Crippen MR) is 79.1 cm³/mol. The van der Waals surface area contributed by atoms with Gasteiger partial charge in [0.25, 0.3) is 0 Å². The first-order valence-corrected chi connectivity index (χ1v) is 7.41. The number of nitrogens with one attached hydrogen (secondary N) is 1. The molecule has 6 heteroatoms. The van der Waals surface area contributed by atoms with Gasteiger partial charge >= 0.3 is 6.09 Å². The standard InChI is InChI=1S/C15H25N3O3/c1-15(2,3)21-14(19)18(4)10-12-9-16-13(17-12)11-5-7-20-8-6-11/h9,11H,5-8,10H2,1-4H3,(H,16,17). The SMILES string of the molecule is CN(Cc1cnc(C2CCOCC2)[nH]1)C(=O)OC(C)(C)C. The number of amides is 1. The van der Waals surface area contributed by atoms with Crippen LogP contribution in [-0.4, -0.2) is 46.8 Å². The maximum atomic E-state index is 11.9. The molecule has 1 aliphatic rings. The average Bonchev–Trinajstić information content (AvgIpc) is 2.86. The number of aromatic amines is 1. The van der Waals surface area contributed by atoms with E-state index < -0.39 is 5.60 Å². The van der Waals surface area contributed by atoms with Crippen LogP contribution < -0.4 is 0 Å². The molecule has 1 N–H and O–H groups in total. The molecule has 0 spiro atoms. The predicted octanol–water partition coefficient (Wildman–Crippen LogP) is 2.67. The summed E-state index contributed by atoms with van der Waals surface area (Å²) in [5, 5.41) is 0. The zero-order chi connectivity index (χ0) is 15.5. The fourth-order valence-electron chi connectivity index (χ4n) is 2.30. The minimum absolute atomic E-state index is 0.329. The first-order valence-electron chi connectivity index (χ1n) is 7.41. The highest BCUT2D eigenvalue weighted by Crippen LogP contribution is 2.24. The maximum Gasteiger partial charge on any atom is 0.410 e. The Morgan fingerprint density at radius 1 is 1.48 bits per heavy atom. The van der Waals surface area contributed by atoms with Gasteiger partial charge in [-0.15, -0.1) is 0 Å². The smallest absolute Gasteiger partial charge is 0.410 e. The lowest BCUT2D eigenvalue weighted by molar-refractivity contribution is 0.0283. The number of rotatable bonds is 3. The summed E-state index contributed by atoms with van der Waals surface area (Å²) in [6, 6.07) is 0. The third kappa shape index (κ3) is 4.74. The number of aromatic nitrogens is 2. The minimum atomic E-state index is -0.480. The molecule has 1 saturated heterocycles. The number of carbonyl (C=O) groups is 1. The molecule has 0 aliphatic carbocycles. The molecule has 0 bridgehead atoms. The summed E-state index contributed by atoms with van der Waals surface area (Å²) in [5.74, 6) is 1.42. The molecule has 118 valence electrons. The van der Waals surface area contributed by atoms with Crippen LogP contribution in [0.4, 0.5) is 4.79 Å². The molecule has 1 aromatic rings. The number of nitrogens with zero attached hydrogens (tertiary/aromatic N) is 2. The van der Waals surface area contributed by atoms with Gasteiger partial charge in [-0.05, 0) is 33.6 Å². The highest BCUT2D eigenvalue weighted by molar-refractivity contribution is 5.67. The van der Waals surface area contributed by atoms with E-state index in [0.29, 0.717) is 12.5 Å². The number of carbonyl (C=O) groups excluding carboxylic acids is 1. The summed E-state index contributed by atoms with van der Waals surface area (Å²) in [6.07, 6.45) is 3.46. The van der Waals surface area contributed by atoms with E-state index in [1.165, 1.54) is 0 Å². The van der Waals surface area contributed by atoms with E-state index >= 15 is 0 Å². The van der Waals surface area contributed by atoms with Crippen molar-refractivity contribution in [2.45, 2.75) is 51.7 Å². The van der Waals surface area contributed by atoms with Crippen molar-refractivity contribution in [3.8, 4) is 0 Å². The van der Waals surface area contributed by atoms with E-state index in [0.717, 1.165) is 37.6 Å². The van der Waals surface area contributed by atoms with Crippen LogP contribution in [0.5, 0.6) is 0 Å². The highest BCUT2D eigenvalue weighted by atomic mass is 16.6. The van der Waals surface area contributed by atoms with E-state index in [-0.39, 0.29) is 6.09 Å². The second-order valence-corrected chi connectivity index (χ2v) is 6.52. The Balaban J connectivity index is 1.91. The van der Waals surface area contributed by atoms with E-state index in [4.69, 9.17) is 9.47 Å². The molecular formula is C15H25N3O3. The quantitative estimate of drug-likeness (QED) is 0.931. The van der Waals surface area contributed by atoms with Crippen LogP contribution in [0.25, 0.3) is 0 Å². The van der Waals surface area contributed by atoms with Crippen molar-refractivity contribution in [3.05, 3.63) is 17.7 Å². The van der Waals surface area contributed by atoms with Crippen LogP contribution >= 0.6 is 0 Å². The first kappa shape index (κ1) is 15.8. The van der Waals surface area contributed by atoms with Gasteiger partial charge in [0, 0.05) is 26.2 Å². The molecule has 1 aromatic heterocycles. The molecule has 6 nitrogen and oxygen atoms in total. The minimum Gasteiger partial charge on any atom is -0.444 e. The Hall–Kier alpha value is -1.56. The molecule has 2 rings (SSSR count). The Bertz CT molecular complexity index is 473. The Labute approximate surface area is 125 Å². The van der Waals surface area contributed by atoms with Crippen molar-refractivity contribution in [2.24, 2.45) is 0 Å². The first-order chi connectivity index (χ1) is 9.85. The molecule has 2 heterocycles. The monoisotopic (exact) mass is 295 g/mol. The van der Waals surface area contributed by atoms with Crippen molar-refractivity contribution in [3.63, 3.8) is 0 Å². The third-order valence-corrected chi connectivity index (χ3v) is 3.37. The average molecular weight is 295 g/mol. The van der Waals surface area contributed by atoms with Crippen molar-refractivity contribution in [2.75, 3.05) is 20.3 Å². The third-order valence-electron chi connectivity index (χ3n) is 3.37. The van der Waals surface area contributed by atoms with Crippen LogP contribution in [0.2, 0.25) is 0 Å². The molecule has 0 saturated carbocycles. The molecule has 21 heavy (non-hydrogen) atoms. The van der Waals surface area contributed by atoms with Crippen molar-refractivity contribution in [1.82, 2.24) is 14.9 Å². The lowest BCUT2D eigenvalue weighted by Gasteiger charge is -2.24. The second kappa shape index (κ2) is 6.47. The molecule has 1 amide bonds. The molecule has 0 unspecified atom stereocenters. The molecule has 0 radical (unpaired) electrons. The second-order valence-electron chi connectivity index (χ2n) is 6.52. The van der Waals surface area contributed by atoms with E-state index in [1.807, 2.05) is 20.8 Å². The van der Waals surface area contributed by atoms with Crippen LogP contribution in [0.1, 0.15) is 51.0 Å². The number of hydrogen-bond donors (Lipinski definition) is 1. The summed E-state index contributed by atoms with van der Waals surface area (Å²) in [4.78, 5) is 21.2. The number of ether oxygens (including phenoxy) is 2. The van der Waals surface area contributed by atoms with Gasteiger partial charge in [-0.1, -0.05) is 0 Å². The van der Waals surface area contributed by atoms with Crippen LogP contribution in [-0.2, 0) is 16.0 Å². The summed E-state index contributed by atoms with van der Waals surface area (Å²) in [6.45, 7) is 7.62. The van der Waals surface area contributed by atoms with Gasteiger partial charge < -0.3 is 19.4 Å². The summed E-state index contributed by atoms with van der Waals surface area (Å²) < 4.78 is 10.7. The molecule has 0 atom stereocenters. The number of H-pyrrole nitrogens is 1. The van der Waals surface area contributed by atoms with Crippen molar-refractivity contribution < 1.29 is 14.3 Å². The van der Waals surface area contributed by atoms with Crippen LogP contribution in [0, 0.1) is 0 Å². The van der Waals surface area contributed by atoms with Crippen molar-refractivity contribution in [1.29, 1.82) is 0 Å². The lowest BCUT2D eigenvalue weighted by atomic mass is 10.00. The van der Waals surface area contributed by atoms with Crippen molar-refractivity contribution >= 4 is 6.09 Å². The normalized spacial score (nSPS) is 16.8. The summed E-state index contributed by atoms with van der Waals surface area (Å²) in [7, 11) is 1.73. The largest absolute Gasteiger partial charge is 0.444 e. The van der Waals surface area contributed by atoms with E-state index in [9.17, 15) is 4.79 Å². The van der Waals surface area contributed by atoms with Gasteiger partial charge in [-0.3, -0.25) is 0 Å². The van der Waals surface area contributed by atoms with Gasteiger partial charge in [-0.25, -0.2) is 9.78 Å². The molecule has 1 aliphatic heterocycles. The fraction of sp³-hybridized carbons (Fsp3) is 0.733. The Kier molecular flexibility index (Phi) is 4.88. The topological polar surface area (TPSA) is 67.5 Å². The van der Waals surface area contributed by atoms with E-state index in [2.05, 4.69) is 9.97 Å². The zero-order valence-electron chi connectivity index (χ0n) is 13.3. The van der Waals surface area contributed by atoms with Crippen LogP contribution in [0.3, 0.4) is 0 Å². The number of imidazole rings is 1. The molecular weight excluding hydrogens is 270 g/mol. The summed E-state index contributed by atoms with van der Waals surface area (Å²) in [5.41, 5.74) is 0.442. The fourth-order valence-corrected chi connectivity index (χ4v) is 2.30. The van der Waals surface area contributed by atoms with Gasteiger partial charge in [0.1, 0.15) is 11.4 Å². The van der Waals surface area contributed by atoms with Gasteiger partial charge in [0.2, 0.25) is 0 Å². The maximum absolute atomic E-state index is 11.9. The van der Waals surface area contributed by atoms with Gasteiger partial charge in [0.15, 0.2) is 0 Å². The molecule has 1 fully saturated rings. The lowest BCUT2D eigenvalue weighted by Crippen LogP contribution is -2.33. The van der Waals surface area contributed by atoms with E-state index in [1.54, 1.807) is 18.1 Å². The number of hydrogen-bond acceptors (Lipinski definition) is 4. The van der Waals surface area contributed by atoms with Gasteiger partial charge in [0.05, 0.1) is 18.4 Å². The molecule has 0 aromatic carbocycles. The summed E-state index contributed by atoms with van der Waals surface area (Å²) >= 11 is 0. The zero-order valence-corrected chi connectivity index (χ0v) is 13.3. The highest BCUT2D eigenvalue weighted by Gasteiger charge is 2.22. The Morgan fingerprint density at radius 2 is 2.14 bits per heavy atom. The van der Waals surface area contributed by atoms with Crippen LogP contribution in [0.15, 0.2) is 6.20 Å². The van der Waals surface area contributed by atoms with Gasteiger partial charge in [-0.2, -0.15) is 0 Å². The Morgan fingerprint density at radius 3 is 2.76 bits per heavy atom.